The molecule has 0 heterocycles. The molecule has 1 rings (SSSR count). The molecule has 1 heteroatoms. The molecule has 2 N–H and O–H groups in total. The first kappa shape index (κ1) is 12.0. The first-order valence-corrected chi connectivity index (χ1v) is 5.69. The summed E-state index contributed by atoms with van der Waals surface area (Å²) in [5, 5.41) is 0. The fourth-order valence-electron chi connectivity index (χ4n) is 1.78. The molecule has 1 aromatic rings. The van der Waals surface area contributed by atoms with Gasteiger partial charge in [0.15, 0.2) is 0 Å². The Morgan fingerprint density at radius 1 is 1.33 bits per heavy atom. The first-order valence-electron chi connectivity index (χ1n) is 5.69. The molecule has 0 radical (unpaired) electrons. The van der Waals surface area contributed by atoms with Crippen molar-refractivity contribution < 1.29 is 0 Å². The van der Waals surface area contributed by atoms with E-state index in [0.29, 0.717) is 0 Å². The van der Waals surface area contributed by atoms with Crippen LogP contribution in [-0.2, 0) is 6.42 Å². The van der Waals surface area contributed by atoms with Gasteiger partial charge in [0.25, 0.3) is 0 Å². The maximum atomic E-state index is 6.19. The lowest BCUT2D eigenvalue weighted by atomic mass is 9.94. The van der Waals surface area contributed by atoms with Gasteiger partial charge in [-0.1, -0.05) is 50.3 Å². The number of hydrogen-bond acceptors (Lipinski definition) is 1. The molecule has 82 valence electrons. The molecule has 1 unspecified atom stereocenters. The molecule has 0 aliphatic heterocycles. The van der Waals surface area contributed by atoms with E-state index in [4.69, 9.17) is 5.73 Å². The van der Waals surface area contributed by atoms with E-state index in [2.05, 4.69) is 44.7 Å². The van der Waals surface area contributed by atoms with E-state index < -0.39 is 0 Å². The monoisotopic (exact) mass is 203 g/mol. The maximum Gasteiger partial charge on any atom is 0.0335 e. The zero-order valence-electron chi connectivity index (χ0n) is 9.79. The van der Waals surface area contributed by atoms with E-state index in [1.54, 1.807) is 0 Å². The average Bonchev–Trinajstić information content (AvgIpc) is 2.28. The quantitative estimate of drug-likeness (QED) is 0.727. The minimum atomic E-state index is 0.105. The van der Waals surface area contributed by atoms with Crippen LogP contribution in [-0.4, -0.2) is 0 Å². The number of aryl methyl sites for hydroxylation is 1. The molecule has 15 heavy (non-hydrogen) atoms. The topological polar surface area (TPSA) is 26.0 Å². The van der Waals surface area contributed by atoms with Crippen molar-refractivity contribution in [1.82, 2.24) is 0 Å². The van der Waals surface area contributed by atoms with Crippen molar-refractivity contribution >= 4 is 0 Å². The van der Waals surface area contributed by atoms with E-state index in [9.17, 15) is 0 Å². The molecule has 0 saturated heterocycles. The summed E-state index contributed by atoms with van der Waals surface area (Å²) in [7, 11) is 0. The molecule has 0 amide bonds. The summed E-state index contributed by atoms with van der Waals surface area (Å²) in [6, 6.07) is 8.52. The van der Waals surface area contributed by atoms with Crippen LogP contribution in [0.15, 0.2) is 36.4 Å². The summed E-state index contributed by atoms with van der Waals surface area (Å²) in [5.74, 6) is 0. The Morgan fingerprint density at radius 2 is 2.00 bits per heavy atom. The molecule has 0 saturated carbocycles. The van der Waals surface area contributed by atoms with Crippen molar-refractivity contribution in [3.63, 3.8) is 0 Å². The number of nitrogens with two attached hydrogens (primary N) is 1. The van der Waals surface area contributed by atoms with Gasteiger partial charge in [-0.15, -0.1) is 0 Å². The normalized spacial score (nSPS) is 12.5. The van der Waals surface area contributed by atoms with Gasteiger partial charge in [-0.05, 0) is 30.4 Å². The van der Waals surface area contributed by atoms with E-state index in [0.717, 1.165) is 19.3 Å². The minimum Gasteiger partial charge on any atom is -0.324 e. The molecule has 0 aliphatic carbocycles. The third-order valence-corrected chi connectivity index (χ3v) is 2.84. The highest BCUT2D eigenvalue weighted by Gasteiger charge is 2.09. The largest absolute Gasteiger partial charge is 0.324 e. The zero-order chi connectivity index (χ0) is 11.3. The summed E-state index contributed by atoms with van der Waals surface area (Å²) in [6.45, 7) is 8.31. The lowest BCUT2D eigenvalue weighted by molar-refractivity contribution is 0.693. The summed E-state index contributed by atoms with van der Waals surface area (Å²) in [4.78, 5) is 0. The van der Waals surface area contributed by atoms with Crippen LogP contribution in [0.25, 0.3) is 0 Å². The molecule has 0 spiro atoms. The van der Waals surface area contributed by atoms with Gasteiger partial charge in [-0.25, -0.2) is 0 Å². The Hall–Kier alpha value is -1.08. The highest BCUT2D eigenvalue weighted by Crippen LogP contribution is 2.22. The summed E-state index contributed by atoms with van der Waals surface area (Å²) < 4.78 is 0. The molecule has 0 fully saturated rings. The van der Waals surface area contributed by atoms with Gasteiger partial charge >= 0.3 is 0 Å². The van der Waals surface area contributed by atoms with E-state index in [1.807, 2.05) is 0 Å². The molecule has 0 aliphatic rings. The second-order valence-corrected chi connectivity index (χ2v) is 3.97. The molecular weight excluding hydrogens is 182 g/mol. The van der Waals surface area contributed by atoms with Crippen LogP contribution < -0.4 is 5.73 Å². The number of hydrogen-bond donors (Lipinski definition) is 1. The Labute approximate surface area is 93.0 Å². The van der Waals surface area contributed by atoms with E-state index >= 15 is 0 Å². The summed E-state index contributed by atoms with van der Waals surface area (Å²) >= 11 is 0. The lowest BCUT2D eigenvalue weighted by Crippen LogP contribution is -2.13. The van der Waals surface area contributed by atoms with Crippen molar-refractivity contribution in [2.24, 2.45) is 5.73 Å². The highest BCUT2D eigenvalue weighted by atomic mass is 14.6. The summed E-state index contributed by atoms with van der Waals surface area (Å²) in [6.07, 6.45) is 2.96. The van der Waals surface area contributed by atoms with Gasteiger partial charge in [0.05, 0.1) is 0 Å². The number of benzene rings is 1. The van der Waals surface area contributed by atoms with Crippen LogP contribution in [0.1, 0.15) is 43.9 Å². The van der Waals surface area contributed by atoms with Crippen LogP contribution in [0.5, 0.6) is 0 Å². The molecular formula is C14H21N. The smallest absolute Gasteiger partial charge is 0.0335 e. The van der Waals surface area contributed by atoms with E-state index in [-0.39, 0.29) is 6.04 Å². The number of rotatable bonds is 5. The van der Waals surface area contributed by atoms with E-state index in [1.165, 1.54) is 16.7 Å². The second kappa shape index (κ2) is 5.72. The Morgan fingerprint density at radius 3 is 2.60 bits per heavy atom. The molecule has 0 aromatic heterocycles. The average molecular weight is 203 g/mol. The molecule has 1 nitrogen and oxygen atoms in total. The van der Waals surface area contributed by atoms with Gasteiger partial charge in [-0.3, -0.25) is 0 Å². The maximum absolute atomic E-state index is 6.19. The fraction of sp³-hybridized carbons (Fsp3) is 0.429. The molecule has 1 aromatic carbocycles. The van der Waals surface area contributed by atoms with Gasteiger partial charge < -0.3 is 5.73 Å². The Bertz CT molecular complexity index is 328. The zero-order valence-corrected chi connectivity index (χ0v) is 9.79. The summed E-state index contributed by atoms with van der Waals surface area (Å²) in [5.41, 5.74) is 10.0. The van der Waals surface area contributed by atoms with Crippen LogP contribution in [0.2, 0.25) is 0 Å². The molecule has 0 bridgehead atoms. The van der Waals surface area contributed by atoms with Gasteiger partial charge in [0, 0.05) is 6.04 Å². The first-order chi connectivity index (χ1) is 7.19. The van der Waals surface area contributed by atoms with Crippen LogP contribution in [0, 0.1) is 0 Å². The predicted molar refractivity (Wildman–Crippen MR) is 66.8 cm³/mol. The predicted octanol–water partition coefficient (Wildman–Crippen LogP) is 3.61. The van der Waals surface area contributed by atoms with Crippen molar-refractivity contribution in [2.75, 3.05) is 0 Å². The van der Waals surface area contributed by atoms with Crippen LogP contribution in [0.4, 0.5) is 0 Å². The highest BCUT2D eigenvalue weighted by molar-refractivity contribution is 5.30. The standard InChI is InChI=1S/C14H21N/c1-4-11(3)10-14(15)13-9-7-6-8-12(13)5-2/h6-9,14H,3-5,10,15H2,1-2H3. The second-order valence-electron chi connectivity index (χ2n) is 3.97. The van der Waals surface area contributed by atoms with Gasteiger partial charge in [0.1, 0.15) is 0 Å². The van der Waals surface area contributed by atoms with Gasteiger partial charge in [0.2, 0.25) is 0 Å². The van der Waals surface area contributed by atoms with Gasteiger partial charge in [-0.2, -0.15) is 0 Å². The Balaban J connectivity index is 2.80. The minimum absolute atomic E-state index is 0.105. The van der Waals surface area contributed by atoms with Crippen molar-refractivity contribution in [1.29, 1.82) is 0 Å². The lowest BCUT2D eigenvalue weighted by Gasteiger charge is -2.16. The third kappa shape index (κ3) is 3.21. The Kier molecular flexibility index (Phi) is 4.57. The third-order valence-electron chi connectivity index (χ3n) is 2.84. The van der Waals surface area contributed by atoms with Crippen LogP contribution >= 0.6 is 0 Å². The van der Waals surface area contributed by atoms with Crippen LogP contribution in [0.3, 0.4) is 0 Å². The van der Waals surface area contributed by atoms with Crippen molar-refractivity contribution in [3.8, 4) is 0 Å². The SMILES string of the molecule is C=C(CC)CC(N)c1ccccc1CC. The van der Waals surface area contributed by atoms with Crippen molar-refractivity contribution in [2.45, 2.75) is 39.2 Å². The molecule has 1 atom stereocenters. The van der Waals surface area contributed by atoms with Crippen molar-refractivity contribution in [3.05, 3.63) is 47.5 Å². The fourth-order valence-corrected chi connectivity index (χ4v) is 1.78.